The number of rotatable bonds is 0. The van der Waals surface area contributed by atoms with Gasteiger partial charge < -0.3 is 37.9 Å². The van der Waals surface area contributed by atoms with E-state index >= 15 is 0 Å². The molecule has 0 saturated heterocycles. The summed E-state index contributed by atoms with van der Waals surface area (Å²) in [5.74, 6) is 1.31. The van der Waals surface area contributed by atoms with E-state index in [2.05, 4.69) is 0 Å². The van der Waals surface area contributed by atoms with Crippen LogP contribution in [0.1, 0.15) is 0 Å². The predicted molar refractivity (Wildman–Crippen MR) is 186 cm³/mol. The Labute approximate surface area is 293 Å². The zero-order chi connectivity index (χ0) is 35.1. The molecule has 0 amide bonds. The van der Waals surface area contributed by atoms with Crippen LogP contribution in [0.25, 0.3) is 0 Å². The minimum Gasteiger partial charge on any atom is -0.490 e. The Morgan fingerprint density at radius 3 is 0.780 bits per heavy atom. The third-order valence-electron chi connectivity index (χ3n) is 7.32. The molecule has 14 heteroatoms. The molecule has 4 aromatic carbocycles. The van der Waals surface area contributed by atoms with Crippen LogP contribution < -0.4 is 18.9 Å². The minimum atomic E-state index is -3.49. The van der Waals surface area contributed by atoms with Gasteiger partial charge in [0.2, 0.25) is 0 Å². The fourth-order valence-corrected chi connectivity index (χ4v) is 8.15. The van der Waals surface area contributed by atoms with Crippen molar-refractivity contribution in [3.8, 4) is 23.0 Å². The van der Waals surface area contributed by atoms with Crippen molar-refractivity contribution >= 4 is 19.5 Å². The first-order valence-corrected chi connectivity index (χ1v) is 19.3. The number of benzene rings is 4. The highest BCUT2D eigenvalue weighted by atomic mass is 32.2. The molecule has 1 aliphatic rings. The zero-order valence-corrected chi connectivity index (χ0v) is 29.3. The molecule has 268 valence electrons. The summed E-state index contributed by atoms with van der Waals surface area (Å²) in [6.07, 6.45) is 0. The lowest BCUT2D eigenvalue weighted by atomic mass is 10.3. The number of nitrogens with one attached hydrogen (secondary N) is 2. The van der Waals surface area contributed by atoms with Gasteiger partial charge in [-0.1, -0.05) is 48.5 Å². The molecule has 0 atom stereocenters. The zero-order valence-electron chi connectivity index (χ0n) is 27.6. The lowest BCUT2D eigenvalue weighted by Crippen LogP contribution is -2.15. The number of para-hydroxylation sites is 4. The van der Waals surface area contributed by atoms with E-state index in [-0.39, 0.29) is 72.4 Å². The first-order valence-electron chi connectivity index (χ1n) is 16.1. The monoisotopic (exact) mass is 726 g/mol. The van der Waals surface area contributed by atoms with Crippen LogP contribution in [0.3, 0.4) is 0 Å². The maximum atomic E-state index is 14.0. The van der Waals surface area contributed by atoms with Crippen molar-refractivity contribution in [3.63, 3.8) is 0 Å². The molecule has 0 saturated carbocycles. The number of hydrogen-bond donors (Lipinski definition) is 2. The molecule has 12 nitrogen and oxygen atoms in total. The van der Waals surface area contributed by atoms with Gasteiger partial charge >= 0.3 is 0 Å². The summed E-state index contributed by atoms with van der Waals surface area (Å²) in [5.41, 5.74) is 0. The Balaban J connectivity index is 1.25. The highest BCUT2D eigenvalue weighted by molar-refractivity contribution is 7.93. The second-order valence-corrected chi connectivity index (χ2v) is 14.7. The van der Waals surface area contributed by atoms with E-state index in [0.717, 1.165) is 0 Å². The van der Waals surface area contributed by atoms with E-state index < -0.39 is 19.5 Å². The summed E-state index contributed by atoms with van der Waals surface area (Å²) in [6, 6.07) is 27.1. The number of ether oxygens (including phenoxy) is 8. The van der Waals surface area contributed by atoms with E-state index in [1.165, 1.54) is 0 Å². The maximum absolute atomic E-state index is 14.0. The molecule has 0 spiro atoms. The molecule has 5 rings (SSSR count). The Morgan fingerprint density at radius 2 is 0.540 bits per heavy atom. The van der Waals surface area contributed by atoms with Crippen molar-refractivity contribution in [2.45, 2.75) is 19.6 Å². The fraction of sp³-hybridized carbons (Fsp3) is 0.333. The lowest BCUT2D eigenvalue weighted by molar-refractivity contribution is 0.0267. The molecule has 0 aliphatic carbocycles. The molecule has 1 heterocycles. The van der Waals surface area contributed by atoms with E-state index in [1.54, 1.807) is 97.1 Å². The highest BCUT2D eigenvalue weighted by Crippen LogP contribution is 2.36. The van der Waals surface area contributed by atoms with Crippen LogP contribution in [0.4, 0.5) is 0 Å². The van der Waals surface area contributed by atoms with Crippen LogP contribution in [0.2, 0.25) is 0 Å². The maximum Gasteiger partial charge on any atom is 0.136 e. The van der Waals surface area contributed by atoms with Crippen LogP contribution in [-0.2, 0) is 38.4 Å². The van der Waals surface area contributed by atoms with Crippen molar-refractivity contribution in [3.05, 3.63) is 97.1 Å². The van der Waals surface area contributed by atoms with Crippen LogP contribution in [0.5, 0.6) is 23.0 Å². The first-order chi connectivity index (χ1) is 24.4. The van der Waals surface area contributed by atoms with Crippen molar-refractivity contribution in [1.29, 1.82) is 9.56 Å². The van der Waals surface area contributed by atoms with Crippen molar-refractivity contribution in [2.75, 3.05) is 79.3 Å². The summed E-state index contributed by atoms with van der Waals surface area (Å²) in [4.78, 5) is 0.955. The molecule has 0 aromatic heterocycles. The Kier molecular flexibility index (Phi) is 13.9. The quantitative estimate of drug-likeness (QED) is 0.223. The molecule has 0 fully saturated rings. The Morgan fingerprint density at radius 1 is 0.340 bits per heavy atom. The van der Waals surface area contributed by atoms with Gasteiger partial charge in [-0.2, -0.15) is 0 Å². The summed E-state index contributed by atoms with van der Waals surface area (Å²) in [7, 11) is -6.98. The summed E-state index contributed by atoms with van der Waals surface area (Å²) in [5, 5.41) is 0. The van der Waals surface area contributed by atoms with Crippen LogP contribution in [0, 0.1) is 9.56 Å². The standard InChI is InChI=1S/C36H42N2O10S2/c37-49(39)33-13-5-1-9-29(33)45-25-21-41-17-18-42-23-27-47-31-11-3-7-15-35(31)50(38,40)36-16-8-4-12-32(36)48-28-24-44-20-19-43-22-26-46-30-10-2-6-14-34(30)49/h1-16,37-38H,17-28H2. The van der Waals surface area contributed by atoms with Gasteiger partial charge in [0, 0.05) is 0 Å². The second kappa shape index (κ2) is 18.7. The van der Waals surface area contributed by atoms with Crippen molar-refractivity contribution in [1.82, 2.24) is 0 Å². The number of fused-ring (bicyclic) bond motifs is 4. The van der Waals surface area contributed by atoms with Gasteiger partial charge in [0.05, 0.1) is 72.4 Å². The van der Waals surface area contributed by atoms with E-state index in [1.807, 2.05) is 0 Å². The first kappa shape index (κ1) is 37.1. The van der Waals surface area contributed by atoms with Gasteiger partial charge in [-0.25, -0.2) is 18.0 Å². The van der Waals surface area contributed by atoms with Crippen molar-refractivity contribution < 1.29 is 46.3 Å². The topological polar surface area (TPSA) is 156 Å². The van der Waals surface area contributed by atoms with Crippen LogP contribution in [0.15, 0.2) is 117 Å². The summed E-state index contributed by atoms with van der Waals surface area (Å²) in [6.45, 7) is 2.87. The summed E-state index contributed by atoms with van der Waals surface area (Å²) >= 11 is 0. The molecule has 1 aliphatic heterocycles. The van der Waals surface area contributed by atoms with Crippen molar-refractivity contribution in [2.24, 2.45) is 0 Å². The van der Waals surface area contributed by atoms with Crippen LogP contribution >= 0.6 is 0 Å². The van der Waals surface area contributed by atoms with Gasteiger partial charge in [0.1, 0.15) is 68.9 Å². The molecular weight excluding hydrogens is 685 g/mol. The normalized spacial score (nSPS) is 22.2. The second-order valence-electron chi connectivity index (χ2n) is 10.7. The average Bonchev–Trinajstić information content (AvgIpc) is 3.13. The molecule has 50 heavy (non-hydrogen) atoms. The molecular formula is C36H42N2O10S2. The van der Waals surface area contributed by atoms with Gasteiger partial charge in [0.15, 0.2) is 0 Å². The molecule has 0 unspecified atom stereocenters. The molecule has 2 N–H and O–H groups in total. The minimum absolute atomic E-state index is 0.173. The van der Waals surface area contributed by atoms with E-state index in [0.29, 0.717) is 49.4 Å². The highest BCUT2D eigenvalue weighted by Gasteiger charge is 2.24. The molecule has 0 bridgehead atoms. The van der Waals surface area contributed by atoms with Crippen LogP contribution in [-0.4, -0.2) is 87.7 Å². The fourth-order valence-electron chi connectivity index (χ4n) is 4.95. The number of hydrogen-bond acceptors (Lipinski definition) is 12. The average molecular weight is 727 g/mol. The lowest BCUT2D eigenvalue weighted by Gasteiger charge is -2.17. The third kappa shape index (κ3) is 9.96. The van der Waals surface area contributed by atoms with E-state index in [4.69, 9.17) is 47.5 Å². The smallest absolute Gasteiger partial charge is 0.136 e. The van der Waals surface area contributed by atoms with Gasteiger partial charge in [0.25, 0.3) is 0 Å². The van der Waals surface area contributed by atoms with Gasteiger partial charge in [-0.3, -0.25) is 0 Å². The molecule has 4 aromatic rings. The van der Waals surface area contributed by atoms with Gasteiger partial charge in [-0.15, -0.1) is 0 Å². The molecule has 0 radical (unpaired) electrons. The summed E-state index contributed by atoms with van der Waals surface area (Å²) < 4.78 is 91.9. The third-order valence-corrected chi connectivity index (χ3v) is 11.1. The van der Waals surface area contributed by atoms with Gasteiger partial charge in [-0.05, 0) is 48.5 Å². The van der Waals surface area contributed by atoms with E-state index in [9.17, 15) is 8.42 Å². The predicted octanol–water partition coefficient (Wildman–Crippen LogP) is 5.91. The Bertz CT molecular complexity index is 1630. The Hall–Kier alpha value is -4.18. The largest absolute Gasteiger partial charge is 0.490 e. The SMILES string of the molecule is N=S1(=O)c2ccccc2OCCOCCOCCOc2ccccc2S(=N)(=O)c2ccccc2OCCOCCOCCOc2ccccc21.